The Morgan fingerprint density at radius 2 is 1.88 bits per heavy atom. The molecule has 1 saturated carbocycles. The van der Waals surface area contributed by atoms with Gasteiger partial charge in [-0.3, -0.25) is 10.3 Å². The molecule has 1 aliphatic rings. The summed E-state index contributed by atoms with van der Waals surface area (Å²) in [5.41, 5.74) is 3.71. The van der Waals surface area contributed by atoms with Gasteiger partial charge in [0.15, 0.2) is 0 Å². The van der Waals surface area contributed by atoms with Gasteiger partial charge < -0.3 is 5.32 Å². The molecule has 1 aliphatic carbocycles. The van der Waals surface area contributed by atoms with E-state index in [-0.39, 0.29) is 23.8 Å². The standard InChI is InChI=1S/C25H25FN6O/c1-16-12-20(10-11-27-16)32-23-15-28-24(13-18(23)14-29-32)31-25(33)30-22-5-3-2-4-21(22)17-6-8-19(26)9-7-17/h6-15,21-22H,2-5H2,1H3,(H2,28,30,31,33)/t21-,22-/m0/s1. The Bertz CT molecular complexity index is 1290. The van der Waals surface area contributed by atoms with Gasteiger partial charge in [-0.05, 0) is 55.7 Å². The van der Waals surface area contributed by atoms with E-state index >= 15 is 0 Å². The first-order valence-corrected chi connectivity index (χ1v) is 11.2. The third-order valence-electron chi connectivity index (χ3n) is 6.20. The van der Waals surface area contributed by atoms with Crippen LogP contribution in [0.1, 0.15) is 42.9 Å². The van der Waals surface area contributed by atoms with E-state index < -0.39 is 0 Å². The monoisotopic (exact) mass is 444 g/mol. The summed E-state index contributed by atoms with van der Waals surface area (Å²) in [6.45, 7) is 1.93. The summed E-state index contributed by atoms with van der Waals surface area (Å²) >= 11 is 0. The van der Waals surface area contributed by atoms with Crippen LogP contribution in [0.5, 0.6) is 0 Å². The van der Waals surface area contributed by atoms with Crippen molar-refractivity contribution >= 4 is 22.8 Å². The number of nitrogens with one attached hydrogen (secondary N) is 2. The molecule has 1 fully saturated rings. The lowest BCUT2D eigenvalue weighted by Crippen LogP contribution is -2.43. The fourth-order valence-electron chi connectivity index (χ4n) is 4.60. The molecule has 0 spiro atoms. The second kappa shape index (κ2) is 8.97. The van der Waals surface area contributed by atoms with Gasteiger partial charge in [0.25, 0.3) is 0 Å². The third-order valence-corrected chi connectivity index (χ3v) is 6.20. The molecule has 0 aliphatic heterocycles. The zero-order chi connectivity index (χ0) is 22.8. The van der Waals surface area contributed by atoms with E-state index in [4.69, 9.17) is 0 Å². The van der Waals surface area contributed by atoms with Crippen molar-refractivity contribution in [3.63, 3.8) is 0 Å². The fraction of sp³-hybridized carbons (Fsp3) is 0.280. The number of hydrogen-bond acceptors (Lipinski definition) is 4. The first-order valence-electron chi connectivity index (χ1n) is 11.2. The van der Waals surface area contributed by atoms with E-state index in [1.165, 1.54) is 12.1 Å². The van der Waals surface area contributed by atoms with Crippen LogP contribution in [0.2, 0.25) is 0 Å². The predicted octanol–water partition coefficient (Wildman–Crippen LogP) is 5.11. The highest BCUT2D eigenvalue weighted by Crippen LogP contribution is 2.33. The Morgan fingerprint density at radius 3 is 2.70 bits per heavy atom. The number of carbonyl (C=O) groups is 1. The zero-order valence-electron chi connectivity index (χ0n) is 18.3. The number of fused-ring (bicyclic) bond motifs is 1. The SMILES string of the molecule is Cc1cc(-n2ncc3cc(NC(=O)N[C@H]4CCCC[C@H]4c4ccc(F)cc4)ncc32)ccn1. The number of halogens is 1. The van der Waals surface area contributed by atoms with Crippen molar-refractivity contribution in [1.82, 2.24) is 25.1 Å². The molecule has 3 heterocycles. The van der Waals surface area contributed by atoms with E-state index in [1.807, 2.05) is 37.3 Å². The van der Waals surface area contributed by atoms with Gasteiger partial charge in [0.1, 0.15) is 11.6 Å². The topological polar surface area (TPSA) is 84.7 Å². The average molecular weight is 445 g/mol. The number of aromatic nitrogens is 4. The van der Waals surface area contributed by atoms with Crippen LogP contribution >= 0.6 is 0 Å². The molecule has 0 saturated heterocycles. The van der Waals surface area contributed by atoms with Crippen molar-refractivity contribution in [3.05, 3.63) is 78.1 Å². The van der Waals surface area contributed by atoms with E-state index in [1.54, 1.807) is 23.3 Å². The van der Waals surface area contributed by atoms with Crippen LogP contribution in [0.15, 0.2) is 61.1 Å². The molecule has 168 valence electrons. The smallest absolute Gasteiger partial charge is 0.320 e. The number of urea groups is 1. The maximum atomic E-state index is 13.3. The Morgan fingerprint density at radius 1 is 1.06 bits per heavy atom. The summed E-state index contributed by atoms with van der Waals surface area (Å²) in [6, 6.07) is 11.9. The predicted molar refractivity (Wildman–Crippen MR) is 125 cm³/mol. The van der Waals surface area contributed by atoms with E-state index in [2.05, 4.69) is 25.7 Å². The van der Waals surface area contributed by atoms with Crippen LogP contribution in [-0.4, -0.2) is 31.8 Å². The summed E-state index contributed by atoms with van der Waals surface area (Å²) < 4.78 is 15.1. The molecule has 0 unspecified atom stereocenters. The lowest BCUT2D eigenvalue weighted by molar-refractivity contribution is 0.240. The molecule has 33 heavy (non-hydrogen) atoms. The van der Waals surface area contributed by atoms with E-state index in [9.17, 15) is 9.18 Å². The molecule has 5 rings (SSSR count). The fourth-order valence-corrected chi connectivity index (χ4v) is 4.60. The number of anilines is 1. The van der Waals surface area contributed by atoms with E-state index in [0.717, 1.165) is 53.5 Å². The molecule has 4 aromatic rings. The Balaban J connectivity index is 1.30. The number of hydrogen-bond donors (Lipinski definition) is 2. The molecule has 3 aromatic heterocycles. The van der Waals surface area contributed by atoms with Crippen LogP contribution < -0.4 is 10.6 Å². The van der Waals surface area contributed by atoms with Gasteiger partial charge in [-0.25, -0.2) is 18.9 Å². The lowest BCUT2D eigenvalue weighted by Gasteiger charge is -2.32. The normalized spacial score (nSPS) is 18.2. The van der Waals surface area contributed by atoms with Crippen molar-refractivity contribution in [2.45, 2.75) is 44.6 Å². The molecule has 0 radical (unpaired) electrons. The van der Waals surface area contributed by atoms with Gasteiger partial charge in [-0.2, -0.15) is 5.10 Å². The number of nitrogens with zero attached hydrogens (tertiary/aromatic N) is 4. The van der Waals surface area contributed by atoms with Crippen molar-refractivity contribution in [2.24, 2.45) is 0 Å². The largest absolute Gasteiger partial charge is 0.334 e. The molecule has 0 bridgehead atoms. The second-order valence-corrected chi connectivity index (χ2v) is 8.49. The van der Waals surface area contributed by atoms with Gasteiger partial charge in [-0.15, -0.1) is 0 Å². The van der Waals surface area contributed by atoms with Crippen LogP contribution in [0.25, 0.3) is 16.6 Å². The van der Waals surface area contributed by atoms with Gasteiger partial charge >= 0.3 is 6.03 Å². The van der Waals surface area contributed by atoms with Crippen LogP contribution in [0.4, 0.5) is 15.0 Å². The molecule has 2 amide bonds. The van der Waals surface area contributed by atoms with Crippen LogP contribution in [0.3, 0.4) is 0 Å². The van der Waals surface area contributed by atoms with Gasteiger partial charge in [-0.1, -0.05) is 25.0 Å². The van der Waals surface area contributed by atoms with Gasteiger partial charge in [0, 0.05) is 29.2 Å². The summed E-state index contributed by atoms with van der Waals surface area (Å²) in [5.74, 6) is 0.378. The number of amides is 2. The Labute approximate surface area is 191 Å². The van der Waals surface area contributed by atoms with Gasteiger partial charge in [0.2, 0.25) is 0 Å². The highest BCUT2D eigenvalue weighted by Gasteiger charge is 2.28. The number of rotatable bonds is 4. The minimum Gasteiger partial charge on any atom is -0.334 e. The maximum Gasteiger partial charge on any atom is 0.320 e. The summed E-state index contributed by atoms with van der Waals surface area (Å²) in [7, 11) is 0. The zero-order valence-corrected chi connectivity index (χ0v) is 18.3. The molecule has 1 aromatic carbocycles. The molecular weight excluding hydrogens is 419 g/mol. The van der Waals surface area contributed by atoms with Crippen molar-refractivity contribution in [1.29, 1.82) is 0 Å². The maximum absolute atomic E-state index is 13.3. The van der Waals surface area contributed by atoms with E-state index in [0.29, 0.717) is 5.82 Å². The Hall–Kier alpha value is -3.81. The minimum absolute atomic E-state index is 0.00868. The quantitative estimate of drug-likeness (QED) is 0.458. The van der Waals surface area contributed by atoms with Crippen molar-refractivity contribution < 1.29 is 9.18 Å². The summed E-state index contributed by atoms with van der Waals surface area (Å²) in [4.78, 5) is 21.4. The van der Waals surface area contributed by atoms with Crippen molar-refractivity contribution in [2.75, 3.05) is 5.32 Å². The highest BCUT2D eigenvalue weighted by molar-refractivity contribution is 5.91. The third kappa shape index (κ3) is 4.55. The number of benzene rings is 1. The second-order valence-electron chi connectivity index (χ2n) is 8.49. The lowest BCUT2D eigenvalue weighted by atomic mass is 9.80. The molecule has 7 nitrogen and oxygen atoms in total. The van der Waals surface area contributed by atoms with Crippen LogP contribution in [0, 0.1) is 12.7 Å². The first-order chi connectivity index (χ1) is 16.1. The van der Waals surface area contributed by atoms with Gasteiger partial charge in [0.05, 0.1) is 23.6 Å². The molecule has 2 atom stereocenters. The Kier molecular flexibility index (Phi) is 5.73. The number of aryl methyl sites for hydroxylation is 1. The van der Waals surface area contributed by atoms with Crippen molar-refractivity contribution in [3.8, 4) is 5.69 Å². The highest BCUT2D eigenvalue weighted by atomic mass is 19.1. The molecule has 2 N–H and O–H groups in total. The summed E-state index contributed by atoms with van der Waals surface area (Å²) in [6.07, 6.45) is 9.21. The summed E-state index contributed by atoms with van der Waals surface area (Å²) in [5, 5.41) is 11.3. The molecular formula is C25H25FN6O. The minimum atomic E-state index is -0.294. The number of pyridine rings is 2. The first kappa shape index (κ1) is 21.1. The molecule has 8 heteroatoms. The average Bonchev–Trinajstić information content (AvgIpc) is 3.23. The van der Waals surface area contributed by atoms with Crippen LogP contribution in [-0.2, 0) is 0 Å². The number of carbonyl (C=O) groups excluding carboxylic acids is 1.